The molecule has 0 aromatic heterocycles. The Bertz CT molecular complexity index is 537. The maximum atomic E-state index is 12.4. The van der Waals surface area contributed by atoms with Gasteiger partial charge in [-0.15, -0.1) is 0 Å². The fourth-order valence-corrected chi connectivity index (χ4v) is 3.73. The molecule has 1 aliphatic rings. The van der Waals surface area contributed by atoms with Gasteiger partial charge < -0.3 is 10.1 Å². The van der Waals surface area contributed by atoms with E-state index in [1.807, 2.05) is 6.92 Å². The lowest BCUT2D eigenvalue weighted by Gasteiger charge is -2.34. The molecule has 2 N–H and O–H groups in total. The number of benzene rings is 1. The number of nitrogens with one attached hydrogen (secondary N) is 2. The van der Waals surface area contributed by atoms with Gasteiger partial charge in [0.15, 0.2) is 0 Å². The Morgan fingerprint density at radius 3 is 2.63 bits per heavy atom. The summed E-state index contributed by atoms with van der Waals surface area (Å²) in [6.45, 7) is 3.61. The van der Waals surface area contributed by atoms with E-state index in [2.05, 4.69) is 10.0 Å². The van der Waals surface area contributed by atoms with Crippen molar-refractivity contribution in [3.05, 3.63) is 24.3 Å². The first kappa shape index (κ1) is 14.3. The van der Waals surface area contributed by atoms with Crippen molar-refractivity contribution in [1.29, 1.82) is 0 Å². The van der Waals surface area contributed by atoms with Gasteiger partial charge in [-0.1, -0.05) is 6.07 Å². The van der Waals surface area contributed by atoms with Gasteiger partial charge in [0.1, 0.15) is 5.75 Å². The molecular weight excluding hydrogens is 264 g/mol. The van der Waals surface area contributed by atoms with Crippen LogP contribution in [0.15, 0.2) is 29.2 Å². The average molecular weight is 284 g/mol. The van der Waals surface area contributed by atoms with Gasteiger partial charge in [0.05, 0.1) is 12.0 Å². The molecule has 2 rings (SSSR count). The number of ether oxygens (including phenoxy) is 1. The van der Waals surface area contributed by atoms with Gasteiger partial charge in [-0.2, -0.15) is 0 Å². The van der Waals surface area contributed by atoms with E-state index in [0.717, 1.165) is 25.9 Å². The Labute approximate surface area is 114 Å². The summed E-state index contributed by atoms with van der Waals surface area (Å²) in [5.41, 5.74) is -0.382. The lowest BCUT2D eigenvalue weighted by atomic mass is 9.92. The molecule has 6 heteroatoms. The quantitative estimate of drug-likeness (QED) is 0.869. The summed E-state index contributed by atoms with van der Waals surface area (Å²) in [5, 5.41) is 3.23. The summed E-state index contributed by atoms with van der Waals surface area (Å²) in [6.07, 6.45) is 1.58. The van der Waals surface area contributed by atoms with Crippen LogP contribution in [0, 0.1) is 0 Å². The maximum Gasteiger partial charge on any atom is 0.241 e. The Kier molecular flexibility index (Phi) is 4.13. The predicted octanol–water partition coefficient (Wildman–Crippen LogP) is 1.12. The van der Waals surface area contributed by atoms with Gasteiger partial charge in [-0.3, -0.25) is 0 Å². The molecule has 1 aromatic carbocycles. The van der Waals surface area contributed by atoms with Crippen LogP contribution in [0.4, 0.5) is 0 Å². The molecule has 0 atom stereocenters. The van der Waals surface area contributed by atoms with E-state index in [9.17, 15) is 8.42 Å². The first-order chi connectivity index (χ1) is 8.95. The van der Waals surface area contributed by atoms with Gasteiger partial charge in [-0.25, -0.2) is 13.1 Å². The van der Waals surface area contributed by atoms with Gasteiger partial charge in [0.2, 0.25) is 10.0 Å². The number of rotatable bonds is 4. The molecule has 19 heavy (non-hydrogen) atoms. The van der Waals surface area contributed by atoms with Crippen molar-refractivity contribution in [3.8, 4) is 5.75 Å². The minimum atomic E-state index is -3.51. The SMILES string of the molecule is COc1cccc(S(=O)(=O)NC2(C)CCNCC2)c1. The smallest absolute Gasteiger partial charge is 0.241 e. The van der Waals surface area contributed by atoms with E-state index in [1.54, 1.807) is 18.2 Å². The highest BCUT2D eigenvalue weighted by atomic mass is 32.2. The lowest BCUT2D eigenvalue weighted by molar-refractivity contribution is 0.308. The second-order valence-electron chi connectivity index (χ2n) is 5.10. The van der Waals surface area contributed by atoms with Crippen LogP contribution in [-0.2, 0) is 10.0 Å². The molecular formula is C13H20N2O3S. The third kappa shape index (κ3) is 3.46. The molecule has 0 amide bonds. The van der Waals surface area contributed by atoms with Crippen molar-refractivity contribution in [3.63, 3.8) is 0 Å². The topological polar surface area (TPSA) is 67.4 Å². The van der Waals surface area contributed by atoms with Gasteiger partial charge in [0, 0.05) is 11.6 Å². The number of sulfonamides is 1. The minimum Gasteiger partial charge on any atom is -0.497 e. The third-order valence-electron chi connectivity index (χ3n) is 3.44. The van der Waals surface area contributed by atoms with E-state index in [4.69, 9.17) is 4.74 Å². The van der Waals surface area contributed by atoms with Crippen LogP contribution in [0.1, 0.15) is 19.8 Å². The molecule has 5 nitrogen and oxygen atoms in total. The summed E-state index contributed by atoms with van der Waals surface area (Å²) in [4.78, 5) is 0.242. The first-order valence-electron chi connectivity index (χ1n) is 6.34. The van der Waals surface area contributed by atoms with Crippen LogP contribution in [0.25, 0.3) is 0 Å². The van der Waals surface area contributed by atoms with Gasteiger partial charge in [0.25, 0.3) is 0 Å². The highest BCUT2D eigenvalue weighted by molar-refractivity contribution is 7.89. The van der Waals surface area contributed by atoms with Crippen LogP contribution in [-0.4, -0.2) is 34.2 Å². The van der Waals surface area contributed by atoms with Crippen LogP contribution in [0.2, 0.25) is 0 Å². The summed E-state index contributed by atoms with van der Waals surface area (Å²) >= 11 is 0. The van der Waals surface area contributed by atoms with Crippen LogP contribution >= 0.6 is 0 Å². The summed E-state index contributed by atoms with van der Waals surface area (Å²) < 4.78 is 32.7. The van der Waals surface area contributed by atoms with Crippen molar-refractivity contribution in [2.24, 2.45) is 0 Å². The second kappa shape index (κ2) is 5.48. The summed E-state index contributed by atoms with van der Waals surface area (Å²) in [5.74, 6) is 0.540. The molecule has 0 bridgehead atoms. The molecule has 106 valence electrons. The standard InChI is InChI=1S/C13H20N2O3S/c1-13(6-8-14-9-7-13)15-19(16,17)12-5-3-4-11(10-12)18-2/h3-5,10,14-15H,6-9H2,1-2H3. The fraction of sp³-hybridized carbons (Fsp3) is 0.538. The summed E-state index contributed by atoms with van der Waals surface area (Å²) in [7, 11) is -1.99. The average Bonchev–Trinajstić information content (AvgIpc) is 2.38. The molecule has 0 saturated carbocycles. The zero-order valence-corrected chi connectivity index (χ0v) is 12.1. The van der Waals surface area contributed by atoms with Crippen molar-refractivity contribution in [2.45, 2.75) is 30.2 Å². The fourth-order valence-electron chi connectivity index (χ4n) is 2.23. The number of piperidine rings is 1. The number of hydrogen-bond donors (Lipinski definition) is 2. The predicted molar refractivity (Wildman–Crippen MR) is 73.8 cm³/mol. The van der Waals surface area contributed by atoms with E-state index in [-0.39, 0.29) is 10.4 Å². The van der Waals surface area contributed by atoms with Gasteiger partial charge in [-0.05, 0) is 45.0 Å². The van der Waals surface area contributed by atoms with Gasteiger partial charge >= 0.3 is 0 Å². The maximum absolute atomic E-state index is 12.4. The largest absolute Gasteiger partial charge is 0.497 e. The highest BCUT2D eigenvalue weighted by Gasteiger charge is 2.32. The molecule has 1 aromatic rings. The molecule has 0 aliphatic carbocycles. The Morgan fingerprint density at radius 2 is 2.00 bits per heavy atom. The monoisotopic (exact) mass is 284 g/mol. The van der Waals surface area contributed by atoms with Crippen LogP contribution in [0.3, 0.4) is 0 Å². The number of methoxy groups -OCH3 is 1. The summed E-state index contributed by atoms with van der Waals surface area (Å²) in [6, 6.07) is 6.52. The Morgan fingerprint density at radius 1 is 1.32 bits per heavy atom. The van der Waals surface area contributed by atoms with E-state index in [0.29, 0.717) is 5.75 Å². The first-order valence-corrected chi connectivity index (χ1v) is 7.82. The normalized spacial score (nSPS) is 19.1. The number of hydrogen-bond acceptors (Lipinski definition) is 4. The highest BCUT2D eigenvalue weighted by Crippen LogP contribution is 2.23. The van der Waals surface area contributed by atoms with Crippen molar-refractivity contribution in [2.75, 3.05) is 20.2 Å². The second-order valence-corrected chi connectivity index (χ2v) is 6.78. The third-order valence-corrected chi connectivity index (χ3v) is 5.08. The Balaban J connectivity index is 2.21. The van der Waals surface area contributed by atoms with E-state index < -0.39 is 10.0 Å². The van der Waals surface area contributed by atoms with E-state index >= 15 is 0 Å². The molecule has 1 saturated heterocycles. The molecule has 1 aliphatic heterocycles. The van der Waals surface area contributed by atoms with Crippen molar-refractivity contribution < 1.29 is 13.2 Å². The van der Waals surface area contributed by atoms with Crippen LogP contribution in [0.5, 0.6) is 5.75 Å². The zero-order valence-electron chi connectivity index (χ0n) is 11.3. The minimum absolute atomic E-state index is 0.242. The van der Waals surface area contributed by atoms with Crippen LogP contribution < -0.4 is 14.8 Å². The Hall–Kier alpha value is -1.11. The molecule has 0 spiro atoms. The molecule has 0 radical (unpaired) electrons. The molecule has 1 fully saturated rings. The van der Waals surface area contributed by atoms with Crippen molar-refractivity contribution in [1.82, 2.24) is 10.0 Å². The lowest BCUT2D eigenvalue weighted by Crippen LogP contribution is -2.52. The van der Waals surface area contributed by atoms with Crippen molar-refractivity contribution >= 4 is 10.0 Å². The zero-order chi connectivity index (χ0) is 13.9. The van der Waals surface area contributed by atoms with E-state index in [1.165, 1.54) is 13.2 Å². The molecule has 0 unspecified atom stereocenters. The molecule has 1 heterocycles.